The summed E-state index contributed by atoms with van der Waals surface area (Å²) in [6, 6.07) is 5.85. The van der Waals surface area contributed by atoms with E-state index in [4.69, 9.17) is 4.74 Å². The van der Waals surface area contributed by atoms with Gasteiger partial charge >= 0.3 is 12.2 Å². The second kappa shape index (κ2) is 15.4. The molecule has 0 radical (unpaired) electrons. The van der Waals surface area contributed by atoms with E-state index in [1.54, 1.807) is 38.2 Å². The number of thiazole rings is 1. The highest BCUT2D eigenvalue weighted by Crippen LogP contribution is 2.39. The lowest BCUT2D eigenvalue weighted by molar-refractivity contribution is -0.140. The largest absolute Gasteiger partial charge is 0.434 e. The Hall–Kier alpha value is -4.38. The number of anilines is 1. The molecule has 0 unspecified atom stereocenters. The van der Waals surface area contributed by atoms with Crippen LogP contribution in [0.25, 0.3) is 32.6 Å². The maximum absolute atomic E-state index is 13.7. The van der Waals surface area contributed by atoms with Crippen LogP contribution in [0.2, 0.25) is 0 Å². The molecule has 1 fully saturated rings. The van der Waals surface area contributed by atoms with E-state index >= 15 is 0 Å². The van der Waals surface area contributed by atoms with Crippen LogP contribution in [0.4, 0.5) is 23.8 Å². The van der Waals surface area contributed by atoms with Crippen LogP contribution in [0.5, 0.6) is 0 Å². The number of aromatic nitrogens is 3. The number of hydrogen-bond acceptors (Lipinski definition) is 9. The van der Waals surface area contributed by atoms with Crippen LogP contribution in [0.3, 0.4) is 0 Å². The van der Waals surface area contributed by atoms with Crippen molar-refractivity contribution in [2.24, 2.45) is 0 Å². The Balaban J connectivity index is 1.60. The maximum atomic E-state index is 13.7. The minimum atomic E-state index is -4.64. The molecule has 3 amide bonds. The summed E-state index contributed by atoms with van der Waals surface area (Å²) in [5.41, 5.74) is 0.400. The number of amides is 3. The van der Waals surface area contributed by atoms with Gasteiger partial charge in [-0.3, -0.25) is 19.8 Å². The highest BCUT2D eigenvalue weighted by molar-refractivity contribution is 7.13. The molecule has 262 valence electrons. The number of carbonyl (C=O) groups excluding carboxylic acids is 2. The Labute approximate surface area is 285 Å². The molecule has 0 atom stereocenters. The molecule has 3 aromatic heterocycles. The fraction of sp³-hybridized carbons (Fsp3) is 0.424. The van der Waals surface area contributed by atoms with Gasteiger partial charge < -0.3 is 24.8 Å². The number of morpholine rings is 1. The number of likely N-dealkylation sites (N-methyl/N-ethyl adjacent to an activating group) is 1. The van der Waals surface area contributed by atoms with E-state index < -0.39 is 29.2 Å². The van der Waals surface area contributed by atoms with Gasteiger partial charge in [-0.25, -0.2) is 14.8 Å². The fourth-order valence-electron chi connectivity index (χ4n) is 5.34. The van der Waals surface area contributed by atoms with E-state index in [9.17, 15) is 27.6 Å². The SMILES string of the molecule is CC(C)NC(=O)Nc1cc(-c2nc(C(F)(F)F)cs2)c(-c2ccc3c(=O)c(C(=O)NCCN(C)C)cn(CCN4CCOCC4)c3c2)cn1. The summed E-state index contributed by atoms with van der Waals surface area (Å²) in [4.78, 5) is 51.7. The summed E-state index contributed by atoms with van der Waals surface area (Å²) in [6.45, 7) is 8.36. The summed E-state index contributed by atoms with van der Waals surface area (Å²) in [5.74, 6) is -0.355. The number of benzene rings is 1. The molecule has 0 bridgehead atoms. The van der Waals surface area contributed by atoms with Gasteiger partial charge in [-0.15, -0.1) is 11.3 Å². The number of halogens is 3. The van der Waals surface area contributed by atoms with Gasteiger partial charge in [0.1, 0.15) is 16.4 Å². The van der Waals surface area contributed by atoms with Crippen molar-refractivity contribution < 1.29 is 27.5 Å². The van der Waals surface area contributed by atoms with E-state index in [1.807, 2.05) is 23.6 Å². The highest BCUT2D eigenvalue weighted by Gasteiger charge is 2.34. The van der Waals surface area contributed by atoms with Gasteiger partial charge in [-0.2, -0.15) is 13.2 Å². The lowest BCUT2D eigenvalue weighted by Gasteiger charge is -2.27. The molecule has 0 aliphatic carbocycles. The van der Waals surface area contributed by atoms with E-state index in [2.05, 4.69) is 30.8 Å². The van der Waals surface area contributed by atoms with Crippen LogP contribution >= 0.6 is 11.3 Å². The molecule has 4 aromatic rings. The molecule has 1 aromatic carbocycles. The van der Waals surface area contributed by atoms with Gasteiger partial charge in [0.15, 0.2) is 5.69 Å². The number of carbonyl (C=O) groups is 2. The Kier molecular flexibility index (Phi) is 11.3. The summed E-state index contributed by atoms with van der Waals surface area (Å²) < 4.78 is 48.0. The van der Waals surface area contributed by atoms with Gasteiger partial charge in [-0.05, 0) is 51.7 Å². The molecule has 1 saturated heterocycles. The van der Waals surface area contributed by atoms with Crippen molar-refractivity contribution in [2.75, 3.05) is 65.3 Å². The van der Waals surface area contributed by atoms with Crippen molar-refractivity contribution in [2.45, 2.75) is 32.6 Å². The molecule has 1 aliphatic rings. The monoisotopic (exact) mass is 700 g/mol. The average Bonchev–Trinajstić information content (AvgIpc) is 3.56. The number of rotatable bonds is 11. The zero-order chi connectivity index (χ0) is 35.3. The predicted molar refractivity (Wildman–Crippen MR) is 183 cm³/mol. The van der Waals surface area contributed by atoms with Crippen molar-refractivity contribution in [3.05, 3.63) is 63.5 Å². The average molecular weight is 701 g/mol. The molecule has 0 saturated carbocycles. The summed E-state index contributed by atoms with van der Waals surface area (Å²) >= 11 is 0.817. The highest BCUT2D eigenvalue weighted by atomic mass is 32.1. The third kappa shape index (κ3) is 9.00. The fourth-order valence-corrected chi connectivity index (χ4v) is 6.20. The number of ether oxygens (including phenoxy) is 1. The number of pyridine rings is 2. The smallest absolute Gasteiger partial charge is 0.379 e. The predicted octanol–water partition coefficient (Wildman–Crippen LogP) is 4.36. The second-order valence-corrected chi connectivity index (χ2v) is 13.1. The Morgan fingerprint density at radius 3 is 2.53 bits per heavy atom. The lowest BCUT2D eigenvalue weighted by Crippen LogP contribution is -2.38. The van der Waals surface area contributed by atoms with Crippen molar-refractivity contribution in [1.29, 1.82) is 0 Å². The van der Waals surface area contributed by atoms with Crippen molar-refractivity contribution >= 4 is 40.0 Å². The van der Waals surface area contributed by atoms with Crippen LogP contribution < -0.4 is 21.4 Å². The first-order chi connectivity index (χ1) is 23.3. The van der Waals surface area contributed by atoms with Crippen LogP contribution in [0, 0.1) is 0 Å². The third-order valence-electron chi connectivity index (χ3n) is 7.83. The number of urea groups is 1. The molecule has 16 heteroatoms. The summed E-state index contributed by atoms with van der Waals surface area (Å²) in [6.07, 6.45) is -1.62. The first-order valence-electron chi connectivity index (χ1n) is 15.8. The molecule has 12 nitrogen and oxygen atoms in total. The number of fused-ring (bicyclic) bond motifs is 1. The van der Waals surface area contributed by atoms with E-state index in [-0.39, 0.29) is 22.4 Å². The number of alkyl halides is 3. The molecule has 49 heavy (non-hydrogen) atoms. The van der Waals surface area contributed by atoms with Crippen molar-refractivity contribution in [3.63, 3.8) is 0 Å². The van der Waals surface area contributed by atoms with Gasteiger partial charge in [0, 0.05) is 79.6 Å². The molecule has 5 rings (SSSR count). The lowest BCUT2D eigenvalue weighted by atomic mass is 9.99. The Morgan fingerprint density at radius 2 is 1.86 bits per heavy atom. The molecular weight excluding hydrogens is 661 g/mol. The molecule has 1 aliphatic heterocycles. The number of nitrogens with zero attached hydrogens (tertiary/aromatic N) is 5. The van der Waals surface area contributed by atoms with Gasteiger partial charge in [-0.1, -0.05) is 6.07 Å². The number of hydrogen-bond donors (Lipinski definition) is 3. The third-order valence-corrected chi connectivity index (χ3v) is 8.71. The standard InChI is InChI=1S/C33H39F3N8O4S/c1-20(2)39-32(47)41-28-16-23(31-40-27(19-49-31)33(34,35)36)24(17-38-28)21-5-6-22-26(15-21)44(10-9-43-11-13-48-14-12-43)18-25(29(22)45)30(46)37-7-8-42(3)4/h5-6,15-20H,7-14H2,1-4H3,(H,37,46)(H2,38,39,41,47). The van der Waals surface area contributed by atoms with Gasteiger partial charge in [0.25, 0.3) is 5.91 Å². The van der Waals surface area contributed by atoms with E-state index in [1.165, 1.54) is 12.3 Å². The van der Waals surface area contributed by atoms with Crippen LogP contribution in [-0.2, 0) is 17.5 Å². The van der Waals surface area contributed by atoms with E-state index in [0.717, 1.165) is 29.8 Å². The molecular formula is C33H39F3N8O4S. The quantitative estimate of drug-likeness (QED) is 0.210. The second-order valence-electron chi connectivity index (χ2n) is 12.2. The van der Waals surface area contributed by atoms with Gasteiger partial charge in [0.2, 0.25) is 5.43 Å². The van der Waals surface area contributed by atoms with Crippen LogP contribution in [0.15, 0.2) is 46.8 Å². The first kappa shape index (κ1) is 35.9. The summed E-state index contributed by atoms with van der Waals surface area (Å²) in [5, 5.41) is 9.47. The minimum absolute atomic E-state index is 0.0147. The molecule has 4 heterocycles. The number of nitrogens with one attached hydrogen (secondary N) is 3. The molecule has 3 N–H and O–H groups in total. The van der Waals surface area contributed by atoms with Crippen molar-refractivity contribution in [3.8, 4) is 21.7 Å². The normalized spacial score (nSPS) is 14.1. The Bertz CT molecular complexity index is 1870. The molecule has 0 spiro atoms. The zero-order valence-corrected chi connectivity index (χ0v) is 28.5. The van der Waals surface area contributed by atoms with Crippen LogP contribution in [-0.4, -0.2) is 102 Å². The van der Waals surface area contributed by atoms with E-state index in [0.29, 0.717) is 67.0 Å². The minimum Gasteiger partial charge on any atom is -0.379 e. The first-order valence-corrected chi connectivity index (χ1v) is 16.7. The van der Waals surface area contributed by atoms with Gasteiger partial charge in [0.05, 0.1) is 18.7 Å². The zero-order valence-electron chi connectivity index (χ0n) is 27.7. The van der Waals surface area contributed by atoms with Crippen molar-refractivity contribution in [1.82, 2.24) is 35.0 Å². The summed E-state index contributed by atoms with van der Waals surface area (Å²) in [7, 11) is 3.77. The topological polar surface area (TPSA) is 134 Å². The Morgan fingerprint density at radius 1 is 1.10 bits per heavy atom. The maximum Gasteiger partial charge on any atom is 0.434 e. The van der Waals surface area contributed by atoms with Crippen LogP contribution in [0.1, 0.15) is 29.9 Å².